The van der Waals surface area contributed by atoms with Crippen LogP contribution in [-0.4, -0.2) is 17.9 Å². The molecule has 0 saturated heterocycles. The minimum Gasteiger partial charge on any atom is -0.350 e. The topological polar surface area (TPSA) is 58.2 Å². The lowest BCUT2D eigenvalue weighted by atomic mass is 10.0. The number of benzene rings is 1. The van der Waals surface area contributed by atoms with Crippen LogP contribution in [0.1, 0.15) is 29.1 Å². The summed E-state index contributed by atoms with van der Waals surface area (Å²) >= 11 is 7.19. The molecule has 1 heterocycles. The Kier molecular flexibility index (Phi) is 6.19. The molecule has 122 valence electrons. The molecule has 0 saturated carbocycles. The zero-order valence-electron chi connectivity index (χ0n) is 13.0. The molecule has 4 nitrogen and oxygen atoms in total. The molecule has 1 aromatic heterocycles. The zero-order valence-corrected chi connectivity index (χ0v) is 14.6. The maximum absolute atomic E-state index is 12.4. The Balaban J connectivity index is 1.95. The molecule has 2 rings (SSSR count). The molecule has 0 aliphatic heterocycles. The third kappa shape index (κ3) is 5.08. The van der Waals surface area contributed by atoms with Crippen molar-refractivity contribution in [2.75, 3.05) is 0 Å². The molecule has 0 spiro atoms. The monoisotopic (exact) mass is 350 g/mol. The fourth-order valence-electron chi connectivity index (χ4n) is 2.06. The van der Waals surface area contributed by atoms with Gasteiger partial charge in [-0.2, -0.15) is 0 Å². The minimum atomic E-state index is -0.572. The molecule has 1 atom stereocenters. The number of rotatable bonds is 6. The molecule has 6 heteroatoms. The Bertz CT molecular complexity index is 654. The lowest BCUT2D eigenvalue weighted by molar-refractivity contribution is -0.124. The van der Waals surface area contributed by atoms with Gasteiger partial charge in [-0.1, -0.05) is 43.6 Å². The molecule has 0 aliphatic rings. The van der Waals surface area contributed by atoms with Gasteiger partial charge in [-0.25, -0.2) is 0 Å². The van der Waals surface area contributed by atoms with Crippen molar-refractivity contribution < 1.29 is 9.59 Å². The van der Waals surface area contributed by atoms with E-state index in [1.165, 1.54) is 11.3 Å². The number of hydrogen-bond donors (Lipinski definition) is 2. The summed E-state index contributed by atoms with van der Waals surface area (Å²) in [6.07, 6.45) is 0. The van der Waals surface area contributed by atoms with Crippen LogP contribution in [0.15, 0.2) is 41.8 Å². The molecule has 23 heavy (non-hydrogen) atoms. The summed E-state index contributed by atoms with van der Waals surface area (Å²) in [6, 6.07) is 10.3. The number of hydrogen-bond acceptors (Lipinski definition) is 3. The van der Waals surface area contributed by atoms with E-state index in [0.717, 1.165) is 5.56 Å². The highest BCUT2D eigenvalue weighted by Crippen LogP contribution is 2.11. The summed E-state index contributed by atoms with van der Waals surface area (Å²) < 4.78 is 0. The minimum absolute atomic E-state index is 0.0101. The highest BCUT2D eigenvalue weighted by molar-refractivity contribution is 7.12. The number of nitrogens with one attached hydrogen (secondary N) is 2. The number of amides is 2. The van der Waals surface area contributed by atoms with E-state index in [9.17, 15) is 9.59 Å². The first-order chi connectivity index (χ1) is 11.0. The molecule has 0 aliphatic carbocycles. The van der Waals surface area contributed by atoms with Gasteiger partial charge < -0.3 is 10.6 Å². The largest absolute Gasteiger partial charge is 0.350 e. The molecular weight excluding hydrogens is 332 g/mol. The molecular formula is C17H19ClN2O2S. The van der Waals surface area contributed by atoms with Gasteiger partial charge in [0.15, 0.2) is 0 Å². The summed E-state index contributed by atoms with van der Waals surface area (Å²) in [5.41, 5.74) is 0.954. The van der Waals surface area contributed by atoms with E-state index in [1.807, 2.05) is 37.4 Å². The summed E-state index contributed by atoms with van der Waals surface area (Å²) in [5, 5.41) is 8.15. The SMILES string of the molecule is CC(C)C(NC(=O)c1cccs1)C(=O)NCc1ccc(Cl)cc1. The second-order valence-corrected chi connectivity index (χ2v) is 6.90. The van der Waals surface area contributed by atoms with Crippen LogP contribution in [0.4, 0.5) is 0 Å². The maximum Gasteiger partial charge on any atom is 0.262 e. The Labute approximate surface area is 144 Å². The smallest absolute Gasteiger partial charge is 0.262 e. The van der Waals surface area contributed by atoms with Crippen molar-refractivity contribution in [2.45, 2.75) is 26.4 Å². The van der Waals surface area contributed by atoms with Crippen molar-refractivity contribution >= 4 is 34.8 Å². The first-order valence-corrected chi connectivity index (χ1v) is 8.59. The number of halogens is 1. The quantitative estimate of drug-likeness (QED) is 0.838. The maximum atomic E-state index is 12.4. The second-order valence-electron chi connectivity index (χ2n) is 5.52. The first-order valence-electron chi connectivity index (χ1n) is 7.34. The molecule has 2 amide bonds. The third-order valence-corrected chi connectivity index (χ3v) is 4.48. The Morgan fingerprint density at radius 2 is 1.87 bits per heavy atom. The zero-order chi connectivity index (χ0) is 16.8. The van der Waals surface area contributed by atoms with E-state index < -0.39 is 6.04 Å². The van der Waals surface area contributed by atoms with Crippen molar-refractivity contribution in [1.29, 1.82) is 0 Å². The molecule has 0 fully saturated rings. The predicted octanol–water partition coefficient (Wildman–Crippen LogP) is 3.47. The highest BCUT2D eigenvalue weighted by Gasteiger charge is 2.24. The van der Waals surface area contributed by atoms with Crippen molar-refractivity contribution in [1.82, 2.24) is 10.6 Å². The van der Waals surface area contributed by atoms with Crippen LogP contribution in [0.25, 0.3) is 0 Å². The summed E-state index contributed by atoms with van der Waals surface area (Å²) in [5.74, 6) is -0.427. The van der Waals surface area contributed by atoms with E-state index in [2.05, 4.69) is 10.6 Å². The number of carbonyl (C=O) groups excluding carboxylic acids is 2. The van der Waals surface area contributed by atoms with Crippen LogP contribution in [0.2, 0.25) is 5.02 Å². The Hall–Kier alpha value is -1.85. The fourth-order valence-corrected chi connectivity index (χ4v) is 2.81. The van der Waals surface area contributed by atoms with E-state index in [-0.39, 0.29) is 17.7 Å². The first kappa shape index (κ1) is 17.5. The Morgan fingerprint density at radius 1 is 1.17 bits per heavy atom. The van der Waals surface area contributed by atoms with Crippen LogP contribution in [-0.2, 0) is 11.3 Å². The van der Waals surface area contributed by atoms with Crippen LogP contribution in [0.5, 0.6) is 0 Å². The summed E-state index contributed by atoms with van der Waals surface area (Å²) in [4.78, 5) is 25.1. The normalized spacial score (nSPS) is 12.0. The average Bonchev–Trinajstić information content (AvgIpc) is 3.05. The van der Waals surface area contributed by atoms with E-state index in [1.54, 1.807) is 18.2 Å². The molecule has 1 aromatic carbocycles. The third-order valence-electron chi connectivity index (χ3n) is 3.36. The van der Waals surface area contributed by atoms with E-state index >= 15 is 0 Å². The van der Waals surface area contributed by atoms with Gasteiger partial charge in [-0.05, 0) is 35.1 Å². The van der Waals surface area contributed by atoms with Crippen LogP contribution < -0.4 is 10.6 Å². The lowest BCUT2D eigenvalue weighted by Gasteiger charge is -2.21. The van der Waals surface area contributed by atoms with Gasteiger partial charge in [0.25, 0.3) is 5.91 Å². The van der Waals surface area contributed by atoms with Crippen molar-refractivity contribution in [3.05, 3.63) is 57.2 Å². The highest BCUT2D eigenvalue weighted by atomic mass is 35.5. The molecule has 2 aromatic rings. The number of carbonyl (C=O) groups is 2. The van der Waals surface area contributed by atoms with Gasteiger partial charge in [-0.3, -0.25) is 9.59 Å². The van der Waals surface area contributed by atoms with Crippen LogP contribution in [0.3, 0.4) is 0 Å². The van der Waals surface area contributed by atoms with Gasteiger partial charge in [-0.15, -0.1) is 11.3 Å². The van der Waals surface area contributed by atoms with Crippen molar-refractivity contribution in [2.24, 2.45) is 5.92 Å². The fraction of sp³-hybridized carbons (Fsp3) is 0.294. The lowest BCUT2D eigenvalue weighted by Crippen LogP contribution is -2.49. The summed E-state index contributed by atoms with van der Waals surface area (Å²) in [6.45, 7) is 4.20. The van der Waals surface area contributed by atoms with Crippen LogP contribution >= 0.6 is 22.9 Å². The van der Waals surface area contributed by atoms with Gasteiger partial charge in [0.1, 0.15) is 6.04 Å². The van der Waals surface area contributed by atoms with Crippen LogP contribution in [0, 0.1) is 5.92 Å². The Morgan fingerprint density at radius 3 is 2.43 bits per heavy atom. The molecule has 0 radical (unpaired) electrons. The van der Waals surface area contributed by atoms with Gasteiger partial charge >= 0.3 is 0 Å². The molecule has 1 unspecified atom stereocenters. The van der Waals surface area contributed by atoms with Crippen molar-refractivity contribution in [3.63, 3.8) is 0 Å². The van der Waals surface area contributed by atoms with Crippen molar-refractivity contribution in [3.8, 4) is 0 Å². The van der Waals surface area contributed by atoms with E-state index in [0.29, 0.717) is 16.4 Å². The second kappa shape index (κ2) is 8.13. The molecule has 0 bridgehead atoms. The summed E-state index contributed by atoms with van der Waals surface area (Å²) in [7, 11) is 0. The predicted molar refractivity (Wildman–Crippen MR) is 93.7 cm³/mol. The average molecular weight is 351 g/mol. The van der Waals surface area contributed by atoms with Gasteiger partial charge in [0, 0.05) is 11.6 Å². The molecule has 2 N–H and O–H groups in total. The standard InChI is InChI=1S/C17H19ClN2O2S/c1-11(2)15(20-16(21)14-4-3-9-23-14)17(22)19-10-12-5-7-13(18)8-6-12/h3-9,11,15H,10H2,1-2H3,(H,19,22)(H,20,21). The number of thiophene rings is 1. The van der Waals surface area contributed by atoms with E-state index in [4.69, 9.17) is 11.6 Å². The van der Waals surface area contributed by atoms with Gasteiger partial charge in [0.2, 0.25) is 5.91 Å². The van der Waals surface area contributed by atoms with Gasteiger partial charge in [0.05, 0.1) is 4.88 Å².